The Balaban J connectivity index is 1.67. The van der Waals surface area contributed by atoms with Gasteiger partial charge < -0.3 is 20.3 Å². The molecule has 1 aliphatic rings. The first-order valence-electron chi connectivity index (χ1n) is 9.70. The average molecular weight is 397 g/mol. The van der Waals surface area contributed by atoms with Crippen molar-refractivity contribution in [2.75, 3.05) is 33.0 Å². The molecule has 1 aliphatic heterocycles. The summed E-state index contributed by atoms with van der Waals surface area (Å²) in [4.78, 5) is 37.4. The molecule has 1 aromatic heterocycles. The van der Waals surface area contributed by atoms with E-state index in [0.29, 0.717) is 42.1 Å². The van der Waals surface area contributed by atoms with Crippen LogP contribution >= 0.6 is 0 Å². The predicted molar refractivity (Wildman–Crippen MR) is 110 cm³/mol. The van der Waals surface area contributed by atoms with Crippen molar-refractivity contribution in [3.05, 3.63) is 47.3 Å². The molecular formula is C21H27N5O3. The summed E-state index contributed by atoms with van der Waals surface area (Å²) in [6.45, 7) is 2.97. The number of amides is 2. The number of hydrogen-bond donors (Lipinski definition) is 1. The van der Waals surface area contributed by atoms with Crippen LogP contribution in [0, 0.1) is 6.92 Å². The van der Waals surface area contributed by atoms with Crippen LogP contribution in [-0.4, -0.2) is 64.9 Å². The Kier molecular flexibility index (Phi) is 6.31. The normalized spacial score (nSPS) is 16.8. The van der Waals surface area contributed by atoms with E-state index in [1.54, 1.807) is 31.1 Å². The third-order valence-corrected chi connectivity index (χ3v) is 5.40. The van der Waals surface area contributed by atoms with Crippen molar-refractivity contribution in [1.82, 2.24) is 19.8 Å². The summed E-state index contributed by atoms with van der Waals surface area (Å²) >= 11 is 0. The van der Waals surface area contributed by atoms with Crippen molar-refractivity contribution in [1.29, 1.82) is 0 Å². The lowest BCUT2D eigenvalue weighted by Gasteiger charge is -2.27. The van der Waals surface area contributed by atoms with Crippen LogP contribution in [0.5, 0.6) is 5.75 Å². The van der Waals surface area contributed by atoms with Crippen LogP contribution in [0.15, 0.2) is 30.5 Å². The van der Waals surface area contributed by atoms with Gasteiger partial charge in [0.05, 0.1) is 18.4 Å². The maximum absolute atomic E-state index is 12.9. The molecule has 0 radical (unpaired) electrons. The topological polar surface area (TPSA) is 102 Å². The summed E-state index contributed by atoms with van der Waals surface area (Å²) in [6.07, 6.45) is 3.86. The third kappa shape index (κ3) is 4.64. The van der Waals surface area contributed by atoms with Gasteiger partial charge in [0.15, 0.2) is 0 Å². The smallest absolute Gasteiger partial charge is 0.257 e. The molecule has 1 aromatic carbocycles. The summed E-state index contributed by atoms with van der Waals surface area (Å²) < 4.78 is 5.22. The highest BCUT2D eigenvalue weighted by molar-refractivity contribution is 5.95. The number of aromatic nitrogens is 2. The Bertz CT molecular complexity index is 902. The second-order valence-corrected chi connectivity index (χ2v) is 7.25. The molecule has 29 heavy (non-hydrogen) atoms. The van der Waals surface area contributed by atoms with Gasteiger partial charge >= 0.3 is 0 Å². The van der Waals surface area contributed by atoms with E-state index < -0.39 is 0 Å². The molecule has 2 heterocycles. The summed E-state index contributed by atoms with van der Waals surface area (Å²) in [7, 11) is 3.40. The van der Waals surface area contributed by atoms with E-state index >= 15 is 0 Å². The molecule has 0 aliphatic carbocycles. The van der Waals surface area contributed by atoms with E-state index in [1.165, 1.54) is 6.20 Å². The van der Waals surface area contributed by atoms with E-state index in [1.807, 2.05) is 24.1 Å². The van der Waals surface area contributed by atoms with Crippen LogP contribution in [0.1, 0.15) is 45.7 Å². The highest BCUT2D eigenvalue weighted by Crippen LogP contribution is 2.21. The Morgan fingerprint density at radius 1 is 1.28 bits per heavy atom. The predicted octanol–water partition coefficient (Wildman–Crippen LogP) is 2.14. The molecule has 1 unspecified atom stereocenters. The Morgan fingerprint density at radius 2 is 2.07 bits per heavy atom. The summed E-state index contributed by atoms with van der Waals surface area (Å²) in [5.74, 6) is 0.678. The van der Waals surface area contributed by atoms with Crippen molar-refractivity contribution in [2.24, 2.45) is 0 Å². The number of nitrogens with two attached hydrogens (primary N) is 1. The number of likely N-dealkylation sites (tertiary alicyclic amines) is 1. The van der Waals surface area contributed by atoms with Crippen LogP contribution in [0.2, 0.25) is 0 Å². The first-order valence-corrected chi connectivity index (χ1v) is 9.70. The molecule has 2 aromatic rings. The van der Waals surface area contributed by atoms with E-state index in [4.69, 9.17) is 10.5 Å². The highest BCUT2D eigenvalue weighted by Gasteiger charge is 2.27. The zero-order valence-corrected chi connectivity index (χ0v) is 17.1. The lowest BCUT2D eigenvalue weighted by atomic mass is 10.1. The Labute approximate surface area is 170 Å². The van der Waals surface area contributed by atoms with Gasteiger partial charge in [-0.05, 0) is 44.4 Å². The van der Waals surface area contributed by atoms with Crippen LogP contribution < -0.4 is 10.5 Å². The van der Waals surface area contributed by atoms with Gasteiger partial charge in [-0.25, -0.2) is 9.97 Å². The molecule has 154 valence electrons. The number of carbonyl (C=O) groups excluding carboxylic acids is 2. The fourth-order valence-electron chi connectivity index (χ4n) is 3.66. The van der Waals surface area contributed by atoms with Crippen molar-refractivity contribution in [3.63, 3.8) is 0 Å². The number of rotatable bonds is 4. The largest absolute Gasteiger partial charge is 0.497 e. The molecular weight excluding hydrogens is 370 g/mol. The molecule has 1 saturated heterocycles. The lowest BCUT2D eigenvalue weighted by Crippen LogP contribution is -2.38. The Morgan fingerprint density at radius 3 is 2.79 bits per heavy atom. The number of hydrogen-bond acceptors (Lipinski definition) is 6. The quantitative estimate of drug-likeness (QED) is 0.848. The van der Waals surface area contributed by atoms with Crippen molar-refractivity contribution < 1.29 is 14.3 Å². The van der Waals surface area contributed by atoms with Gasteiger partial charge in [0.2, 0.25) is 5.95 Å². The van der Waals surface area contributed by atoms with Gasteiger partial charge in [0.1, 0.15) is 5.75 Å². The van der Waals surface area contributed by atoms with Crippen molar-refractivity contribution in [3.8, 4) is 5.75 Å². The number of aryl methyl sites for hydroxylation is 1. The molecule has 1 atom stereocenters. The number of anilines is 1. The van der Waals surface area contributed by atoms with Crippen molar-refractivity contribution in [2.45, 2.75) is 32.2 Å². The average Bonchev–Trinajstić information content (AvgIpc) is 2.98. The zero-order chi connectivity index (χ0) is 21.0. The van der Waals surface area contributed by atoms with Crippen LogP contribution in [0.4, 0.5) is 5.95 Å². The molecule has 3 rings (SSSR count). The minimum absolute atomic E-state index is 0.0449. The molecule has 1 fully saturated rings. The maximum Gasteiger partial charge on any atom is 0.257 e. The minimum Gasteiger partial charge on any atom is -0.497 e. The maximum atomic E-state index is 12.9. The van der Waals surface area contributed by atoms with E-state index in [2.05, 4.69) is 9.97 Å². The van der Waals surface area contributed by atoms with Crippen LogP contribution in [0.25, 0.3) is 0 Å². The first kappa shape index (κ1) is 20.6. The van der Waals surface area contributed by atoms with E-state index in [0.717, 1.165) is 12.8 Å². The van der Waals surface area contributed by atoms with Gasteiger partial charge in [-0.1, -0.05) is 6.07 Å². The first-order chi connectivity index (χ1) is 13.9. The molecule has 8 heteroatoms. The zero-order valence-electron chi connectivity index (χ0n) is 17.1. The molecule has 0 saturated carbocycles. The fraction of sp³-hybridized carbons (Fsp3) is 0.429. The molecule has 2 N–H and O–H groups in total. The number of nitrogen functional groups attached to an aromatic ring is 1. The van der Waals surface area contributed by atoms with E-state index in [-0.39, 0.29) is 23.8 Å². The molecule has 0 bridgehead atoms. The van der Waals surface area contributed by atoms with E-state index in [9.17, 15) is 9.59 Å². The molecule has 8 nitrogen and oxygen atoms in total. The minimum atomic E-state index is -0.0927. The van der Waals surface area contributed by atoms with Crippen LogP contribution in [-0.2, 0) is 0 Å². The van der Waals surface area contributed by atoms with Crippen molar-refractivity contribution >= 4 is 17.8 Å². The van der Waals surface area contributed by atoms with Gasteiger partial charge in [0, 0.05) is 37.9 Å². The lowest BCUT2D eigenvalue weighted by molar-refractivity contribution is 0.0709. The molecule has 2 amide bonds. The van der Waals surface area contributed by atoms with Crippen LogP contribution in [0.3, 0.4) is 0 Å². The highest BCUT2D eigenvalue weighted by atomic mass is 16.5. The number of carbonyl (C=O) groups is 2. The number of ether oxygens (including phenoxy) is 1. The third-order valence-electron chi connectivity index (χ3n) is 5.40. The summed E-state index contributed by atoms with van der Waals surface area (Å²) in [6, 6.07) is 7.22. The number of nitrogens with zero attached hydrogens (tertiary/aromatic N) is 4. The van der Waals surface area contributed by atoms with Gasteiger partial charge in [-0.3, -0.25) is 9.59 Å². The summed E-state index contributed by atoms with van der Waals surface area (Å²) in [5, 5.41) is 0. The number of methoxy groups -OCH3 is 1. The van der Waals surface area contributed by atoms with Gasteiger partial charge in [-0.2, -0.15) is 0 Å². The SMILES string of the molecule is COc1cccc(C(=O)N(C)C2CCCN(C(=O)c3cnc(N)nc3C)CC2)c1. The Hall–Kier alpha value is -3.16. The standard InChI is InChI=1S/C21H27N5O3/c1-14-18(13-23-21(22)24-14)20(28)26-10-5-7-16(9-11-26)25(2)19(27)15-6-4-8-17(12-15)29-3/h4,6,8,12-13,16H,5,7,9-11H2,1-3H3,(H2,22,23,24). The van der Waals surface area contributed by atoms with Gasteiger partial charge in [-0.15, -0.1) is 0 Å². The van der Waals surface area contributed by atoms with Gasteiger partial charge in [0.25, 0.3) is 11.8 Å². The number of benzene rings is 1. The monoisotopic (exact) mass is 397 g/mol. The second kappa shape index (κ2) is 8.89. The molecule has 0 spiro atoms. The summed E-state index contributed by atoms with van der Waals surface area (Å²) in [5.41, 5.74) is 7.23. The fourth-order valence-corrected chi connectivity index (χ4v) is 3.66. The second-order valence-electron chi connectivity index (χ2n) is 7.25.